The summed E-state index contributed by atoms with van der Waals surface area (Å²) in [5.74, 6) is -1.06. The van der Waals surface area contributed by atoms with E-state index in [1.807, 2.05) is 12.1 Å². The monoisotopic (exact) mass is 741 g/mol. The van der Waals surface area contributed by atoms with Crippen molar-refractivity contribution in [3.8, 4) is 5.88 Å². The Kier molecular flexibility index (Phi) is 14.0. The molecule has 0 bridgehead atoms. The van der Waals surface area contributed by atoms with Gasteiger partial charge in [0.1, 0.15) is 10.0 Å². The maximum absolute atomic E-state index is 11.4. The Balaban J connectivity index is 0.000000210. The molecule has 14 nitrogen and oxygen atoms in total. The highest BCUT2D eigenvalue weighted by Crippen LogP contribution is 2.40. The number of carboxylic acids is 1. The van der Waals surface area contributed by atoms with Crippen molar-refractivity contribution < 1.29 is 33.7 Å². The Morgan fingerprint density at radius 2 is 1.54 bits per heavy atom. The number of carbonyl (C=O) groups is 3. The van der Waals surface area contributed by atoms with E-state index in [-0.39, 0.29) is 34.5 Å². The number of pyridine rings is 1. The fraction of sp³-hybridized carbons (Fsp3) is 0.385. The number of ether oxygens (including phenoxy) is 3. The second-order valence-corrected chi connectivity index (χ2v) is 16.4. The van der Waals surface area contributed by atoms with Gasteiger partial charge in [-0.3, -0.25) is 9.59 Å². The Morgan fingerprint density at radius 1 is 0.891 bits per heavy atom. The van der Waals surface area contributed by atoms with Gasteiger partial charge in [-0.15, -0.1) is 31.7 Å². The molecular formula is C26H27N7O7S6. The summed E-state index contributed by atoms with van der Waals surface area (Å²) in [7, 11) is 2.75. The van der Waals surface area contributed by atoms with Crippen LogP contribution < -0.4 is 9.84 Å². The summed E-state index contributed by atoms with van der Waals surface area (Å²) in [4.78, 5) is 41.7. The van der Waals surface area contributed by atoms with Crippen LogP contribution in [0, 0.1) is 0 Å². The van der Waals surface area contributed by atoms with Gasteiger partial charge >= 0.3 is 11.9 Å². The molecule has 5 rings (SSSR count). The van der Waals surface area contributed by atoms with Crippen LogP contribution >= 0.6 is 66.3 Å². The van der Waals surface area contributed by atoms with Gasteiger partial charge in [0.2, 0.25) is 26.7 Å². The first-order valence-corrected chi connectivity index (χ1v) is 19.5. The van der Waals surface area contributed by atoms with E-state index in [2.05, 4.69) is 40.1 Å². The smallest absolute Gasteiger partial charge is 0.306 e. The van der Waals surface area contributed by atoms with Gasteiger partial charge in [-0.1, -0.05) is 22.7 Å². The highest BCUT2D eigenvalue weighted by molar-refractivity contribution is 8.45. The van der Waals surface area contributed by atoms with Crippen molar-refractivity contribution in [3.05, 3.63) is 38.6 Å². The summed E-state index contributed by atoms with van der Waals surface area (Å²) in [6.07, 6.45) is 1.44. The Labute approximate surface area is 285 Å². The predicted octanol–water partition coefficient (Wildman–Crippen LogP) is 4.22. The van der Waals surface area contributed by atoms with E-state index in [0.717, 1.165) is 19.7 Å². The number of aliphatic carboxylic acids is 1. The first-order chi connectivity index (χ1) is 22.2. The molecule has 0 spiro atoms. The SMILES string of the molecule is CCOC(=O)CCc1nnc(S[s+]2cc3ccc(OC)nc3n2)s1.CCOC(=O)CCc1nnc(Sc2nc(CC(=O)[O-])cs2)s1. The van der Waals surface area contributed by atoms with E-state index in [0.29, 0.717) is 58.4 Å². The fourth-order valence-electron chi connectivity index (χ4n) is 3.33. The van der Waals surface area contributed by atoms with Crippen molar-refractivity contribution in [2.75, 3.05) is 20.3 Å². The maximum atomic E-state index is 11.4. The molecule has 46 heavy (non-hydrogen) atoms. The van der Waals surface area contributed by atoms with E-state index < -0.39 is 5.97 Å². The molecule has 0 aliphatic heterocycles. The van der Waals surface area contributed by atoms with Crippen molar-refractivity contribution in [1.82, 2.24) is 34.7 Å². The third kappa shape index (κ3) is 11.5. The number of esters is 2. The number of carboxylic acid groups (broad SMARTS) is 1. The van der Waals surface area contributed by atoms with Gasteiger partial charge in [0.15, 0.2) is 23.8 Å². The topological polar surface area (TPSA) is 192 Å². The minimum Gasteiger partial charge on any atom is -0.550 e. The van der Waals surface area contributed by atoms with E-state index >= 15 is 0 Å². The standard InChI is InChI=1S/C14H15N4O3S3.C12H13N3O4S3/c1-3-21-12(19)7-6-11-16-17-14(22-11)23-24-8-9-4-5-10(20-2)15-13(9)18-24;1-2-19-10(18)4-3-8-14-15-12(21-8)22-11-13-7(6-20-11)5-9(16)17/h4-5,8H,3,6-7H2,1-2H3;6H,2-5H2,1H3,(H,16,17)/q+1;/p-1. The zero-order valence-electron chi connectivity index (χ0n) is 24.7. The van der Waals surface area contributed by atoms with Gasteiger partial charge in [-0.2, -0.15) is 4.98 Å². The normalized spacial score (nSPS) is 11.2. The third-order valence-corrected chi connectivity index (χ3v) is 12.6. The zero-order valence-corrected chi connectivity index (χ0v) is 29.6. The predicted molar refractivity (Wildman–Crippen MR) is 174 cm³/mol. The Morgan fingerprint density at radius 3 is 2.17 bits per heavy atom. The number of aryl methyl sites for hydroxylation is 2. The second kappa shape index (κ2) is 18.1. The molecule has 244 valence electrons. The van der Waals surface area contributed by atoms with E-state index in [9.17, 15) is 19.5 Å². The highest BCUT2D eigenvalue weighted by Gasteiger charge is 2.20. The lowest BCUT2D eigenvalue weighted by Gasteiger charge is -1.98. The number of methoxy groups -OCH3 is 1. The lowest BCUT2D eigenvalue weighted by Crippen LogP contribution is -2.24. The highest BCUT2D eigenvalue weighted by atomic mass is 33.1. The average molecular weight is 742 g/mol. The van der Waals surface area contributed by atoms with Crippen LogP contribution in [-0.4, -0.2) is 73.0 Å². The quantitative estimate of drug-likeness (QED) is 0.0840. The molecule has 0 aliphatic carbocycles. The first kappa shape index (κ1) is 35.6. The largest absolute Gasteiger partial charge is 0.550 e. The van der Waals surface area contributed by atoms with Crippen LogP contribution in [0.5, 0.6) is 5.88 Å². The number of hydrogen-bond donors (Lipinski definition) is 0. The zero-order chi connectivity index (χ0) is 32.9. The molecule has 0 aliphatic rings. The summed E-state index contributed by atoms with van der Waals surface area (Å²) in [5.41, 5.74) is 1.16. The molecule has 0 N–H and O–H groups in total. The number of carbonyl (C=O) groups excluding carboxylic acids is 3. The molecule has 0 saturated carbocycles. The van der Waals surface area contributed by atoms with Gasteiger partial charge in [-0.05, 0) is 36.0 Å². The third-order valence-electron chi connectivity index (χ3n) is 5.27. The molecule has 0 radical (unpaired) electrons. The molecule has 0 fully saturated rings. The molecule has 5 aromatic heterocycles. The van der Waals surface area contributed by atoms with Crippen molar-refractivity contribution >= 4 is 95.2 Å². The van der Waals surface area contributed by atoms with Gasteiger partial charge in [0.25, 0.3) is 0 Å². The van der Waals surface area contributed by atoms with Gasteiger partial charge in [0.05, 0.1) is 44.2 Å². The van der Waals surface area contributed by atoms with Gasteiger partial charge in [-0.25, -0.2) is 4.98 Å². The summed E-state index contributed by atoms with van der Waals surface area (Å²) < 4.78 is 21.7. The van der Waals surface area contributed by atoms with Gasteiger partial charge < -0.3 is 24.1 Å². The summed E-state index contributed by atoms with van der Waals surface area (Å²) in [5, 5.41) is 33.1. The molecule has 1 unspecified atom stereocenters. The van der Waals surface area contributed by atoms with Gasteiger partial charge in [0, 0.05) is 36.7 Å². The number of hydrogen-bond acceptors (Lipinski definition) is 19. The molecule has 0 amide bonds. The van der Waals surface area contributed by atoms with Crippen LogP contribution in [0.3, 0.4) is 0 Å². The molecule has 5 aromatic rings. The first-order valence-electron chi connectivity index (χ1n) is 13.6. The number of fused-ring (bicyclic) bond motifs is 1. The van der Waals surface area contributed by atoms with Crippen LogP contribution in [0.4, 0.5) is 0 Å². The number of aromatic nitrogens is 7. The van der Waals surface area contributed by atoms with Crippen molar-refractivity contribution in [2.24, 2.45) is 0 Å². The van der Waals surface area contributed by atoms with E-state index in [1.165, 1.54) is 45.8 Å². The fourth-order valence-corrected chi connectivity index (χ4v) is 10.6. The lowest BCUT2D eigenvalue weighted by atomic mass is 10.3. The minimum atomic E-state index is -1.15. The number of rotatable bonds is 15. The van der Waals surface area contributed by atoms with E-state index in [1.54, 1.807) is 37.1 Å². The van der Waals surface area contributed by atoms with Crippen LogP contribution in [0.1, 0.15) is 42.4 Å². The lowest BCUT2D eigenvalue weighted by molar-refractivity contribution is -0.304. The summed E-state index contributed by atoms with van der Waals surface area (Å²) in [6.45, 7) is 4.33. The molecular weight excluding hydrogens is 715 g/mol. The molecule has 20 heteroatoms. The number of thiazole rings is 1. The second-order valence-electron chi connectivity index (χ2n) is 8.62. The Bertz CT molecular complexity index is 1760. The van der Waals surface area contributed by atoms with Crippen molar-refractivity contribution in [2.45, 2.75) is 59.0 Å². The van der Waals surface area contributed by atoms with Crippen LogP contribution in [-0.2, 0) is 43.1 Å². The minimum absolute atomic E-state index is 0.196. The summed E-state index contributed by atoms with van der Waals surface area (Å²) in [6, 6.07) is 3.77. The molecule has 0 saturated heterocycles. The molecule has 0 aromatic carbocycles. The average Bonchev–Trinajstić information content (AvgIpc) is 3.84. The van der Waals surface area contributed by atoms with Crippen LogP contribution in [0.25, 0.3) is 11.0 Å². The molecule has 5 heterocycles. The van der Waals surface area contributed by atoms with Crippen LogP contribution in [0.15, 0.2) is 35.9 Å². The molecule has 1 atom stereocenters. The summed E-state index contributed by atoms with van der Waals surface area (Å²) >= 11 is 5.53. The Hall–Kier alpha value is -3.30. The number of nitrogens with zero attached hydrogens (tertiary/aromatic N) is 7. The maximum Gasteiger partial charge on any atom is 0.306 e. The van der Waals surface area contributed by atoms with E-state index in [4.69, 9.17) is 14.2 Å². The van der Waals surface area contributed by atoms with Crippen molar-refractivity contribution in [3.63, 3.8) is 0 Å². The van der Waals surface area contributed by atoms with Crippen LogP contribution in [0.2, 0.25) is 0 Å². The van der Waals surface area contributed by atoms with Crippen molar-refractivity contribution in [1.29, 1.82) is 0 Å².